The molecule has 0 bridgehead atoms. The van der Waals surface area contributed by atoms with Gasteiger partial charge in [-0.05, 0) is 37.6 Å². The molecule has 1 saturated heterocycles. The van der Waals surface area contributed by atoms with Gasteiger partial charge in [-0.2, -0.15) is 5.10 Å². The molecule has 3 aromatic rings. The van der Waals surface area contributed by atoms with Gasteiger partial charge >= 0.3 is 0 Å². The van der Waals surface area contributed by atoms with E-state index in [1.807, 2.05) is 60.8 Å². The Kier molecular flexibility index (Phi) is 5.39. The lowest BCUT2D eigenvalue weighted by atomic mass is 10.2. The van der Waals surface area contributed by atoms with Crippen molar-refractivity contribution in [3.05, 3.63) is 47.4 Å². The van der Waals surface area contributed by atoms with Gasteiger partial charge in [-0.15, -0.1) is 0 Å². The Labute approximate surface area is 175 Å². The quantitative estimate of drug-likeness (QED) is 0.619. The Balaban J connectivity index is 1.44. The van der Waals surface area contributed by atoms with Gasteiger partial charge in [0.15, 0.2) is 5.82 Å². The summed E-state index contributed by atoms with van der Waals surface area (Å²) in [6, 6.07) is 7.62. The summed E-state index contributed by atoms with van der Waals surface area (Å²) >= 11 is 0. The van der Waals surface area contributed by atoms with Crippen LogP contribution in [0.4, 0.5) is 5.82 Å². The van der Waals surface area contributed by atoms with Crippen LogP contribution in [0.25, 0.3) is 17.1 Å². The van der Waals surface area contributed by atoms with Crippen LogP contribution in [0, 0.1) is 13.8 Å². The second-order valence-electron chi connectivity index (χ2n) is 7.42. The first-order valence-electron chi connectivity index (χ1n) is 10.00. The molecule has 3 heterocycles. The summed E-state index contributed by atoms with van der Waals surface area (Å²) in [7, 11) is 3.55. The zero-order valence-corrected chi connectivity index (χ0v) is 17.8. The van der Waals surface area contributed by atoms with Gasteiger partial charge < -0.3 is 14.5 Å². The SMILES string of the molecule is COc1ccc(/C=C/C(=O)N2CCN(c3nc(C)nc4c(C)nn(C)c34)CC2)cc1. The molecule has 156 valence electrons. The Morgan fingerprint density at radius 1 is 1.07 bits per heavy atom. The van der Waals surface area contributed by atoms with E-state index in [0.29, 0.717) is 13.1 Å². The number of piperazine rings is 1. The van der Waals surface area contributed by atoms with E-state index in [-0.39, 0.29) is 5.91 Å². The van der Waals surface area contributed by atoms with E-state index >= 15 is 0 Å². The van der Waals surface area contributed by atoms with Crippen LogP contribution in [0.1, 0.15) is 17.1 Å². The number of carbonyl (C=O) groups excluding carboxylic acids is 1. The van der Waals surface area contributed by atoms with Crippen molar-refractivity contribution >= 4 is 28.8 Å². The van der Waals surface area contributed by atoms with Gasteiger partial charge in [0.2, 0.25) is 5.91 Å². The summed E-state index contributed by atoms with van der Waals surface area (Å²) in [4.78, 5) is 25.9. The number of ether oxygens (including phenoxy) is 1. The molecule has 0 unspecified atom stereocenters. The minimum absolute atomic E-state index is 0.0193. The molecule has 2 aromatic heterocycles. The first-order valence-corrected chi connectivity index (χ1v) is 10.00. The summed E-state index contributed by atoms with van der Waals surface area (Å²) in [6.07, 6.45) is 3.47. The second kappa shape index (κ2) is 8.14. The standard InChI is InChI=1S/C22H26N6O2/c1-15-20-21(26(3)25-15)22(24-16(2)23-20)28-13-11-27(12-14-28)19(29)10-7-17-5-8-18(30-4)9-6-17/h5-10H,11-14H2,1-4H3/b10-7+. The third-order valence-corrected chi connectivity index (χ3v) is 5.37. The molecule has 1 aliphatic rings. The predicted molar refractivity (Wildman–Crippen MR) is 117 cm³/mol. The van der Waals surface area contributed by atoms with Crippen LogP contribution in [-0.2, 0) is 11.8 Å². The number of aryl methyl sites for hydroxylation is 3. The molecule has 0 aliphatic carbocycles. The van der Waals surface area contributed by atoms with Crippen LogP contribution in [0.5, 0.6) is 5.75 Å². The van der Waals surface area contributed by atoms with Crippen molar-refractivity contribution in [2.24, 2.45) is 7.05 Å². The summed E-state index contributed by atoms with van der Waals surface area (Å²) in [5.74, 6) is 2.44. The molecule has 1 fully saturated rings. The van der Waals surface area contributed by atoms with Crippen LogP contribution >= 0.6 is 0 Å². The number of aromatic nitrogens is 4. The zero-order chi connectivity index (χ0) is 21.3. The Morgan fingerprint density at radius 3 is 2.43 bits per heavy atom. The monoisotopic (exact) mass is 406 g/mol. The van der Waals surface area contributed by atoms with Gasteiger partial charge in [0.25, 0.3) is 0 Å². The molecule has 0 atom stereocenters. The number of carbonyl (C=O) groups is 1. The summed E-state index contributed by atoms with van der Waals surface area (Å²) in [5, 5.41) is 4.50. The third-order valence-electron chi connectivity index (χ3n) is 5.37. The fourth-order valence-corrected chi connectivity index (χ4v) is 3.77. The first kappa shape index (κ1) is 19.9. The summed E-state index contributed by atoms with van der Waals surface area (Å²) < 4.78 is 7.00. The van der Waals surface area contributed by atoms with Crippen LogP contribution in [0.15, 0.2) is 30.3 Å². The fourth-order valence-electron chi connectivity index (χ4n) is 3.77. The number of rotatable bonds is 4. The zero-order valence-electron chi connectivity index (χ0n) is 17.8. The van der Waals surface area contributed by atoms with Crippen LogP contribution < -0.4 is 9.64 Å². The largest absolute Gasteiger partial charge is 0.497 e. The molecule has 0 spiro atoms. The maximum Gasteiger partial charge on any atom is 0.246 e. The van der Waals surface area contributed by atoms with Gasteiger partial charge in [-0.3, -0.25) is 9.48 Å². The number of hydrogen-bond acceptors (Lipinski definition) is 6. The number of methoxy groups -OCH3 is 1. The summed E-state index contributed by atoms with van der Waals surface area (Å²) in [6.45, 7) is 6.60. The number of amides is 1. The van der Waals surface area contributed by atoms with Crippen molar-refractivity contribution in [2.45, 2.75) is 13.8 Å². The molecule has 8 nitrogen and oxygen atoms in total. The van der Waals surface area contributed by atoms with Crippen molar-refractivity contribution in [1.82, 2.24) is 24.6 Å². The third kappa shape index (κ3) is 3.85. The van der Waals surface area contributed by atoms with E-state index in [4.69, 9.17) is 4.74 Å². The number of nitrogens with zero attached hydrogens (tertiary/aromatic N) is 6. The molecule has 4 rings (SSSR count). The smallest absolute Gasteiger partial charge is 0.246 e. The van der Waals surface area contributed by atoms with E-state index in [9.17, 15) is 4.79 Å². The topological polar surface area (TPSA) is 76.4 Å². The lowest BCUT2D eigenvalue weighted by molar-refractivity contribution is -0.126. The number of fused-ring (bicyclic) bond motifs is 1. The number of hydrogen-bond donors (Lipinski definition) is 0. The highest BCUT2D eigenvalue weighted by Crippen LogP contribution is 2.26. The van der Waals surface area contributed by atoms with Crippen molar-refractivity contribution < 1.29 is 9.53 Å². The highest BCUT2D eigenvalue weighted by atomic mass is 16.5. The fraction of sp³-hybridized carbons (Fsp3) is 0.364. The van der Waals surface area contributed by atoms with Gasteiger partial charge in [0.05, 0.1) is 12.8 Å². The van der Waals surface area contributed by atoms with Gasteiger partial charge in [0, 0.05) is 39.3 Å². The molecule has 0 saturated carbocycles. The molecule has 1 amide bonds. The highest BCUT2D eigenvalue weighted by molar-refractivity contribution is 5.92. The number of benzene rings is 1. The highest BCUT2D eigenvalue weighted by Gasteiger charge is 2.24. The van der Waals surface area contributed by atoms with Gasteiger partial charge in [-0.1, -0.05) is 12.1 Å². The molecule has 30 heavy (non-hydrogen) atoms. The van der Waals surface area contributed by atoms with Crippen molar-refractivity contribution in [3.63, 3.8) is 0 Å². The summed E-state index contributed by atoms with van der Waals surface area (Å²) in [5.41, 5.74) is 3.70. The Morgan fingerprint density at radius 2 is 1.77 bits per heavy atom. The van der Waals surface area contributed by atoms with E-state index in [0.717, 1.165) is 52.8 Å². The van der Waals surface area contributed by atoms with Crippen molar-refractivity contribution in [3.8, 4) is 5.75 Å². The van der Waals surface area contributed by atoms with Crippen LogP contribution in [0.2, 0.25) is 0 Å². The van der Waals surface area contributed by atoms with Crippen molar-refractivity contribution in [2.75, 3.05) is 38.2 Å². The normalized spacial score (nSPS) is 14.7. The molecule has 8 heteroatoms. The average Bonchev–Trinajstić information content (AvgIpc) is 3.05. The van der Waals surface area contributed by atoms with E-state index in [1.165, 1.54) is 0 Å². The first-order chi connectivity index (χ1) is 14.5. The minimum atomic E-state index is 0.0193. The molecule has 1 aliphatic heterocycles. The minimum Gasteiger partial charge on any atom is -0.497 e. The second-order valence-corrected chi connectivity index (χ2v) is 7.42. The van der Waals surface area contributed by atoms with Crippen LogP contribution in [-0.4, -0.2) is 63.8 Å². The van der Waals surface area contributed by atoms with E-state index in [2.05, 4.69) is 20.0 Å². The molecule has 1 aromatic carbocycles. The Hall–Kier alpha value is -3.42. The predicted octanol–water partition coefficient (Wildman–Crippen LogP) is 2.35. The molecular weight excluding hydrogens is 380 g/mol. The van der Waals surface area contributed by atoms with E-state index in [1.54, 1.807) is 13.2 Å². The molecular formula is C22H26N6O2. The lowest BCUT2D eigenvalue weighted by Gasteiger charge is -2.35. The average molecular weight is 406 g/mol. The Bertz CT molecular complexity index is 1100. The maximum absolute atomic E-state index is 12.6. The van der Waals surface area contributed by atoms with Crippen molar-refractivity contribution in [1.29, 1.82) is 0 Å². The van der Waals surface area contributed by atoms with E-state index < -0.39 is 0 Å². The van der Waals surface area contributed by atoms with Gasteiger partial charge in [0.1, 0.15) is 22.6 Å². The van der Waals surface area contributed by atoms with Gasteiger partial charge in [-0.25, -0.2) is 9.97 Å². The maximum atomic E-state index is 12.6. The molecule has 0 radical (unpaired) electrons. The number of anilines is 1. The lowest BCUT2D eigenvalue weighted by Crippen LogP contribution is -2.48. The molecule has 0 N–H and O–H groups in total. The van der Waals surface area contributed by atoms with Crippen LogP contribution in [0.3, 0.4) is 0 Å².